The minimum Gasteiger partial charge on any atom is -0.445 e. The molecule has 7 atom stereocenters. The normalized spacial score (nSPS) is 40.8. The Hall–Kier alpha value is -1.09. The van der Waals surface area contributed by atoms with E-state index in [-0.39, 0.29) is 41.6 Å². The quantitative estimate of drug-likeness (QED) is 0.616. The molecular weight excluding hydrogens is 430 g/mol. The zero-order valence-electron chi connectivity index (χ0n) is 19.3. The molecule has 3 heterocycles. The second-order valence-corrected chi connectivity index (χ2v) is 11.3. The van der Waals surface area contributed by atoms with E-state index in [1.807, 2.05) is 9.80 Å². The molecule has 180 valence electrons. The summed E-state index contributed by atoms with van der Waals surface area (Å²) in [5.74, 6) is 1.29. The third kappa shape index (κ3) is 4.61. The summed E-state index contributed by atoms with van der Waals surface area (Å²) in [5, 5.41) is 5.68. The van der Waals surface area contributed by atoms with Crippen molar-refractivity contribution >= 4 is 23.6 Å². The van der Waals surface area contributed by atoms with Crippen LogP contribution in [0.3, 0.4) is 0 Å². The summed E-state index contributed by atoms with van der Waals surface area (Å²) in [7, 11) is 0. The fourth-order valence-corrected chi connectivity index (χ4v) is 6.90. The van der Waals surface area contributed by atoms with Crippen LogP contribution in [0.25, 0.3) is 0 Å². The van der Waals surface area contributed by atoms with Crippen molar-refractivity contribution in [2.45, 2.75) is 88.0 Å². The van der Waals surface area contributed by atoms with Gasteiger partial charge in [0.15, 0.2) is 0 Å². The standard InChI is InChI=1S/C23H38ClN5O3/c1-14-12-27(23(31)32-20-8-18(24)10-25-11-20)22-7-16(3-6-21(22)29(14)15(2)30)17-9-26-28(13-17)19-4-5-19/h14,16-22,25-26H,3-13H2,1-2H3/t14-,16?,17?,18?,20?,21?,22?/m0/s1. The average molecular weight is 468 g/mol. The fourth-order valence-electron chi connectivity index (χ4n) is 6.59. The van der Waals surface area contributed by atoms with Gasteiger partial charge >= 0.3 is 6.09 Å². The Bertz CT molecular complexity index is 722. The molecule has 0 radical (unpaired) electrons. The van der Waals surface area contributed by atoms with E-state index in [9.17, 15) is 9.59 Å². The fraction of sp³-hybridized carbons (Fsp3) is 0.913. The zero-order valence-corrected chi connectivity index (χ0v) is 20.1. The summed E-state index contributed by atoms with van der Waals surface area (Å²) in [6, 6.07) is 0.835. The Morgan fingerprint density at radius 3 is 2.50 bits per heavy atom. The van der Waals surface area contributed by atoms with Crippen molar-refractivity contribution in [1.82, 2.24) is 25.6 Å². The van der Waals surface area contributed by atoms with Crippen molar-refractivity contribution in [3.63, 3.8) is 0 Å². The highest BCUT2D eigenvalue weighted by molar-refractivity contribution is 6.20. The first-order chi connectivity index (χ1) is 15.4. The number of hydrogen-bond donors (Lipinski definition) is 2. The second-order valence-electron chi connectivity index (χ2n) is 10.6. The van der Waals surface area contributed by atoms with Crippen LogP contribution in [0.4, 0.5) is 4.79 Å². The number of rotatable bonds is 3. The molecule has 6 unspecified atom stereocenters. The van der Waals surface area contributed by atoms with E-state index < -0.39 is 0 Å². The van der Waals surface area contributed by atoms with Crippen LogP contribution < -0.4 is 10.7 Å². The topological polar surface area (TPSA) is 77.2 Å². The molecule has 0 aromatic rings. The van der Waals surface area contributed by atoms with Gasteiger partial charge in [0.2, 0.25) is 5.91 Å². The lowest BCUT2D eigenvalue weighted by atomic mass is 9.73. The van der Waals surface area contributed by atoms with Crippen LogP contribution in [-0.2, 0) is 9.53 Å². The van der Waals surface area contributed by atoms with Crippen molar-refractivity contribution in [3.8, 4) is 0 Å². The van der Waals surface area contributed by atoms with Gasteiger partial charge in [0.1, 0.15) is 6.10 Å². The molecule has 3 aliphatic heterocycles. The highest BCUT2D eigenvalue weighted by Crippen LogP contribution is 2.41. The number of nitrogens with one attached hydrogen (secondary N) is 2. The molecule has 3 saturated heterocycles. The largest absolute Gasteiger partial charge is 0.445 e. The van der Waals surface area contributed by atoms with Gasteiger partial charge in [0.25, 0.3) is 0 Å². The van der Waals surface area contributed by atoms with Gasteiger partial charge in [-0.2, -0.15) is 0 Å². The number of hydrazine groups is 1. The third-order valence-corrected chi connectivity index (χ3v) is 8.61. The summed E-state index contributed by atoms with van der Waals surface area (Å²) in [4.78, 5) is 29.8. The number of halogens is 1. The molecule has 32 heavy (non-hydrogen) atoms. The molecule has 0 aromatic carbocycles. The predicted molar refractivity (Wildman–Crippen MR) is 122 cm³/mol. The third-order valence-electron chi connectivity index (χ3n) is 8.28. The van der Waals surface area contributed by atoms with Gasteiger partial charge in [0.05, 0.1) is 12.1 Å². The number of ether oxygens (including phenoxy) is 1. The summed E-state index contributed by atoms with van der Waals surface area (Å²) in [6.45, 7) is 7.79. The van der Waals surface area contributed by atoms with Gasteiger partial charge in [-0.1, -0.05) is 0 Å². The van der Waals surface area contributed by atoms with E-state index in [1.165, 1.54) is 12.8 Å². The van der Waals surface area contributed by atoms with Crippen molar-refractivity contribution in [2.24, 2.45) is 11.8 Å². The van der Waals surface area contributed by atoms with Gasteiger partial charge in [-0.25, -0.2) is 9.80 Å². The van der Waals surface area contributed by atoms with E-state index in [1.54, 1.807) is 6.92 Å². The van der Waals surface area contributed by atoms with Gasteiger partial charge in [-0.05, 0) is 50.9 Å². The van der Waals surface area contributed by atoms with Crippen LogP contribution in [0.5, 0.6) is 0 Å². The van der Waals surface area contributed by atoms with E-state index in [0.29, 0.717) is 31.3 Å². The molecule has 0 aromatic heterocycles. The number of carbonyl (C=O) groups is 2. The van der Waals surface area contributed by atoms with Crippen LogP contribution in [-0.4, -0.2) is 95.2 Å². The van der Waals surface area contributed by atoms with E-state index in [4.69, 9.17) is 16.3 Å². The predicted octanol–water partition coefficient (Wildman–Crippen LogP) is 1.78. The first kappa shape index (κ1) is 22.7. The van der Waals surface area contributed by atoms with Crippen LogP contribution in [0.1, 0.15) is 52.4 Å². The highest BCUT2D eigenvalue weighted by Gasteiger charge is 2.49. The molecule has 0 spiro atoms. The smallest absolute Gasteiger partial charge is 0.410 e. The van der Waals surface area contributed by atoms with Gasteiger partial charge in [0, 0.05) is 63.5 Å². The van der Waals surface area contributed by atoms with Crippen molar-refractivity contribution < 1.29 is 14.3 Å². The van der Waals surface area contributed by atoms with Gasteiger partial charge < -0.3 is 19.9 Å². The van der Waals surface area contributed by atoms with E-state index in [0.717, 1.165) is 44.9 Å². The van der Waals surface area contributed by atoms with Crippen LogP contribution in [0.2, 0.25) is 0 Å². The minimum absolute atomic E-state index is 0.00149. The number of amides is 2. The van der Waals surface area contributed by atoms with Crippen molar-refractivity contribution in [2.75, 3.05) is 32.7 Å². The number of fused-ring (bicyclic) bond motifs is 1. The monoisotopic (exact) mass is 467 g/mol. The number of piperazine rings is 1. The summed E-state index contributed by atoms with van der Waals surface area (Å²) >= 11 is 6.28. The van der Waals surface area contributed by atoms with E-state index >= 15 is 0 Å². The highest BCUT2D eigenvalue weighted by atomic mass is 35.5. The van der Waals surface area contributed by atoms with Crippen molar-refractivity contribution in [3.05, 3.63) is 0 Å². The molecule has 5 aliphatic rings. The number of carbonyl (C=O) groups excluding carboxylic acids is 2. The molecular formula is C23H38ClN5O3. The number of alkyl halides is 1. The molecule has 2 N–H and O–H groups in total. The first-order valence-corrected chi connectivity index (χ1v) is 13.0. The summed E-state index contributed by atoms with van der Waals surface area (Å²) < 4.78 is 5.93. The molecule has 8 nitrogen and oxygen atoms in total. The number of nitrogens with zero attached hydrogens (tertiary/aromatic N) is 3. The molecule has 2 aliphatic carbocycles. The summed E-state index contributed by atoms with van der Waals surface area (Å²) in [5.41, 5.74) is 3.61. The van der Waals surface area contributed by atoms with E-state index in [2.05, 4.69) is 22.7 Å². The Kier molecular flexibility index (Phi) is 6.58. The molecule has 5 fully saturated rings. The first-order valence-electron chi connectivity index (χ1n) is 12.5. The Morgan fingerprint density at radius 2 is 1.78 bits per heavy atom. The molecule has 9 heteroatoms. The van der Waals surface area contributed by atoms with Crippen LogP contribution in [0.15, 0.2) is 0 Å². The Labute approximate surface area is 196 Å². The molecule has 2 saturated carbocycles. The molecule has 5 rings (SSSR count). The second kappa shape index (κ2) is 9.28. The SMILES string of the molecule is CC(=O)N1C2CCC(C3CNN(C4CC4)C3)CC2N(C(=O)OC2CNCC(Cl)C2)C[C@@H]1C. The summed E-state index contributed by atoms with van der Waals surface area (Å²) in [6.07, 6.45) is 5.89. The number of piperidine rings is 1. The maximum absolute atomic E-state index is 13.3. The van der Waals surface area contributed by atoms with Crippen molar-refractivity contribution in [1.29, 1.82) is 0 Å². The maximum atomic E-state index is 13.3. The van der Waals surface area contributed by atoms with Gasteiger partial charge in [-0.3, -0.25) is 10.2 Å². The Balaban J connectivity index is 1.29. The lowest BCUT2D eigenvalue weighted by Gasteiger charge is -2.54. The lowest BCUT2D eigenvalue weighted by Crippen LogP contribution is -2.67. The number of hydrogen-bond acceptors (Lipinski definition) is 6. The van der Waals surface area contributed by atoms with Crippen LogP contribution in [0, 0.1) is 11.8 Å². The van der Waals surface area contributed by atoms with Crippen LogP contribution >= 0.6 is 11.6 Å². The molecule has 0 bridgehead atoms. The Morgan fingerprint density at radius 1 is 0.969 bits per heavy atom. The maximum Gasteiger partial charge on any atom is 0.410 e. The van der Waals surface area contributed by atoms with Gasteiger partial charge in [-0.15, -0.1) is 11.6 Å². The molecule has 2 amide bonds. The minimum atomic E-state index is -0.238. The lowest BCUT2D eigenvalue weighted by molar-refractivity contribution is -0.142. The zero-order chi connectivity index (χ0) is 22.4. The average Bonchev–Trinajstić information content (AvgIpc) is 3.49.